The Kier molecular flexibility index (Phi) is 11.6. The molecular formula is C43H56N6O9S2. The van der Waals surface area contributed by atoms with Crippen LogP contribution < -0.4 is 14.8 Å². The van der Waals surface area contributed by atoms with E-state index in [4.69, 9.17) is 24.2 Å². The highest BCUT2D eigenvalue weighted by Gasteiger charge is 2.62. The van der Waals surface area contributed by atoms with E-state index in [1.165, 1.54) is 4.90 Å². The van der Waals surface area contributed by atoms with Gasteiger partial charge in [-0.1, -0.05) is 44.9 Å². The van der Waals surface area contributed by atoms with Crippen LogP contribution in [0.25, 0.3) is 21.6 Å². The van der Waals surface area contributed by atoms with E-state index in [0.717, 1.165) is 40.1 Å². The number of hydrogen-bond acceptors (Lipinski definition) is 12. The van der Waals surface area contributed by atoms with Gasteiger partial charge in [0.1, 0.15) is 22.7 Å². The third kappa shape index (κ3) is 8.33. The number of Topliss-reactive ketones (excluding diaryl/α,β-unsaturated/α-hetero) is 1. The predicted octanol–water partition coefficient (Wildman–Crippen LogP) is 6.19. The molecule has 2 saturated heterocycles. The lowest BCUT2D eigenvalue weighted by Gasteiger charge is -2.30. The van der Waals surface area contributed by atoms with Gasteiger partial charge in [0.05, 0.1) is 47.2 Å². The van der Waals surface area contributed by atoms with Crippen molar-refractivity contribution in [1.82, 2.24) is 29.5 Å². The molecule has 17 heteroatoms. The smallest absolute Gasteiger partial charge is 0.408 e. The molecule has 8 rings (SSSR count). The zero-order chi connectivity index (χ0) is 42.6. The number of carbonyl (C=O) groups is 4. The van der Waals surface area contributed by atoms with Crippen molar-refractivity contribution in [2.24, 2.45) is 11.3 Å². The molecule has 2 aliphatic carbocycles. The summed E-state index contributed by atoms with van der Waals surface area (Å²) in [4.78, 5) is 68.0. The molecule has 15 nitrogen and oxygen atoms in total. The summed E-state index contributed by atoms with van der Waals surface area (Å²) in [5.74, 6) is -1.57. The number of benzene rings is 1. The van der Waals surface area contributed by atoms with E-state index in [1.54, 1.807) is 18.3 Å². The number of rotatable bonds is 10. The topological polar surface area (TPSA) is 188 Å². The first kappa shape index (κ1) is 42.3. The maximum absolute atomic E-state index is 14.7. The molecule has 0 spiro atoms. The minimum atomic E-state index is -3.96. The first-order valence-electron chi connectivity index (χ1n) is 21.3. The second-order valence-corrected chi connectivity index (χ2v) is 21.1. The van der Waals surface area contributed by atoms with E-state index in [1.807, 2.05) is 48.8 Å². The Morgan fingerprint density at radius 2 is 1.83 bits per heavy atom. The molecule has 0 radical (unpaired) electrons. The van der Waals surface area contributed by atoms with Crippen LogP contribution in [0.2, 0.25) is 0 Å². The fraction of sp³-hybridized carbons (Fsp3) is 0.628. The van der Waals surface area contributed by atoms with Crippen molar-refractivity contribution in [3.05, 3.63) is 41.4 Å². The van der Waals surface area contributed by atoms with Crippen LogP contribution in [0.3, 0.4) is 0 Å². The molecule has 0 unspecified atom stereocenters. The van der Waals surface area contributed by atoms with Crippen molar-refractivity contribution >= 4 is 56.1 Å². The number of aromatic nitrogens is 3. The summed E-state index contributed by atoms with van der Waals surface area (Å²) in [6.07, 6.45) is 6.44. The van der Waals surface area contributed by atoms with Gasteiger partial charge in [-0.15, -0.1) is 11.3 Å². The number of hydrogen-bond donors (Lipinski definition) is 2. The van der Waals surface area contributed by atoms with Gasteiger partial charge in [-0.2, -0.15) is 4.98 Å². The normalized spacial score (nSPS) is 27.7. The second kappa shape index (κ2) is 16.5. The van der Waals surface area contributed by atoms with Crippen LogP contribution in [0.4, 0.5) is 4.79 Å². The molecule has 3 amide bonds. The largest absolute Gasteiger partial charge is 0.459 e. The van der Waals surface area contributed by atoms with Gasteiger partial charge < -0.3 is 24.4 Å². The van der Waals surface area contributed by atoms with Gasteiger partial charge in [0.25, 0.3) is 6.01 Å². The minimum absolute atomic E-state index is 0.0204. The number of ether oxygens (including phenoxy) is 3. The molecule has 2 N–H and O–H groups in total. The van der Waals surface area contributed by atoms with Gasteiger partial charge >= 0.3 is 6.09 Å². The van der Waals surface area contributed by atoms with Crippen LogP contribution >= 0.6 is 11.3 Å². The third-order valence-corrected chi connectivity index (χ3v) is 15.9. The van der Waals surface area contributed by atoms with E-state index in [0.29, 0.717) is 44.5 Å². The highest BCUT2D eigenvalue weighted by Crippen LogP contribution is 2.57. The fourth-order valence-electron chi connectivity index (χ4n) is 8.57. The van der Waals surface area contributed by atoms with Crippen LogP contribution in [-0.2, 0) is 33.9 Å². The number of nitrogens with zero attached hydrogens (tertiary/aromatic N) is 4. The van der Waals surface area contributed by atoms with Gasteiger partial charge in [-0.25, -0.2) is 18.2 Å². The lowest BCUT2D eigenvalue weighted by molar-refractivity contribution is -0.141. The van der Waals surface area contributed by atoms with Crippen molar-refractivity contribution in [2.45, 2.75) is 140 Å². The minimum Gasteiger partial charge on any atom is -0.459 e. The molecule has 1 aromatic carbocycles. The fourth-order valence-corrected chi connectivity index (χ4v) is 10.9. The molecule has 60 heavy (non-hydrogen) atoms. The predicted molar refractivity (Wildman–Crippen MR) is 225 cm³/mol. The molecule has 0 bridgehead atoms. The van der Waals surface area contributed by atoms with Crippen molar-refractivity contribution in [1.29, 1.82) is 0 Å². The van der Waals surface area contributed by atoms with Crippen molar-refractivity contribution in [2.75, 3.05) is 19.8 Å². The van der Waals surface area contributed by atoms with E-state index >= 15 is 0 Å². The number of amides is 3. The van der Waals surface area contributed by atoms with Gasteiger partial charge in [0, 0.05) is 29.8 Å². The van der Waals surface area contributed by atoms with E-state index < -0.39 is 62.4 Å². The summed E-state index contributed by atoms with van der Waals surface area (Å²) < 4.78 is 47.2. The Morgan fingerprint density at radius 1 is 1.05 bits per heavy atom. The number of sulfonamides is 1. The van der Waals surface area contributed by atoms with Gasteiger partial charge in [0.15, 0.2) is 11.9 Å². The molecule has 3 aromatic rings. The summed E-state index contributed by atoms with van der Waals surface area (Å²) in [5, 5.41) is 5.70. The standard InChI is InChI=1S/C43H56N6O9S2/c1-25(2)32-24-59-37(44-32)30-13-11-15-33-36(30)46-40(49(33)26(3)4)57-28-18-34-35(50)20-43(39(52)47-60(54,55)42(5)16-17-42)19-27(43)12-9-7-6-8-10-14-31(38(51)48(34)21-28)45-41(53)58-29-22-56-23-29/h9,11-13,15,24-29,31,34H,6-8,10,14,16-23H2,1-5H3,(H,45,53)(H,47,52)/b12-9-/t27-,28+,31-,34-,43+/m0/s1. The van der Waals surface area contributed by atoms with Crippen LogP contribution in [0, 0.1) is 11.3 Å². The Bertz CT molecular complexity index is 2290. The number of allylic oxidation sites excluding steroid dienone is 2. The van der Waals surface area contributed by atoms with E-state index in [9.17, 15) is 27.6 Å². The van der Waals surface area contributed by atoms with Crippen LogP contribution in [0.1, 0.15) is 116 Å². The molecule has 5 heterocycles. The van der Waals surface area contributed by atoms with Crippen molar-refractivity contribution in [3.8, 4) is 16.6 Å². The SMILES string of the molecule is CC(C)c1csc(-c2cccc3c2nc(O[C@@H]2C[C@H]4C(=O)C[C@]5(C(=O)NS(=O)(=O)C6(C)CC6)C[C@@H]5/C=C\CCCCC[C@H](NC(=O)OC5COC5)C(=O)N4C2)n3C(C)C)n1. The summed E-state index contributed by atoms with van der Waals surface area (Å²) in [6, 6.07) is 4.23. The summed E-state index contributed by atoms with van der Waals surface area (Å²) in [5.41, 5.74) is 2.18. The highest BCUT2D eigenvalue weighted by atomic mass is 32.2. The lowest BCUT2D eigenvalue weighted by atomic mass is 9.91. The van der Waals surface area contributed by atoms with E-state index in [-0.39, 0.29) is 56.3 Å². The average Bonchev–Trinajstić information content (AvgIpc) is 3.84. The molecule has 3 aliphatic heterocycles. The number of thiazole rings is 1. The van der Waals surface area contributed by atoms with E-state index in [2.05, 4.69) is 29.3 Å². The van der Waals surface area contributed by atoms with Crippen LogP contribution in [0.15, 0.2) is 35.7 Å². The maximum Gasteiger partial charge on any atom is 0.408 e. The Labute approximate surface area is 355 Å². The summed E-state index contributed by atoms with van der Waals surface area (Å²) >= 11 is 1.56. The van der Waals surface area contributed by atoms with Crippen molar-refractivity contribution in [3.63, 3.8) is 0 Å². The number of alkyl carbamates (subject to hydrolysis) is 1. The molecule has 2 aromatic heterocycles. The number of fused-ring (bicyclic) bond motifs is 3. The first-order valence-corrected chi connectivity index (χ1v) is 23.7. The average molecular weight is 865 g/mol. The number of imidazole rings is 1. The van der Waals surface area contributed by atoms with Gasteiger partial charge in [0.2, 0.25) is 21.8 Å². The number of ketones is 1. The quantitative estimate of drug-likeness (QED) is 0.221. The Balaban J connectivity index is 1.11. The molecule has 5 atom stereocenters. The molecule has 324 valence electrons. The monoisotopic (exact) mass is 864 g/mol. The Hall–Kier alpha value is -4.35. The number of nitrogens with one attached hydrogen (secondary N) is 2. The van der Waals surface area contributed by atoms with Gasteiger partial charge in [-0.3, -0.25) is 23.7 Å². The van der Waals surface area contributed by atoms with Gasteiger partial charge in [-0.05, 0) is 83.3 Å². The number of carbonyl (C=O) groups excluding carboxylic acids is 4. The molecule has 2 saturated carbocycles. The molecule has 4 fully saturated rings. The zero-order valence-electron chi connectivity index (χ0n) is 35.0. The molecule has 5 aliphatic rings. The van der Waals surface area contributed by atoms with Crippen LogP contribution in [0.5, 0.6) is 6.01 Å². The third-order valence-electron chi connectivity index (χ3n) is 12.8. The highest BCUT2D eigenvalue weighted by molar-refractivity contribution is 7.91. The first-order chi connectivity index (χ1) is 28.6. The number of para-hydroxylation sites is 1. The zero-order valence-corrected chi connectivity index (χ0v) is 36.6. The lowest BCUT2D eigenvalue weighted by Crippen LogP contribution is -2.53. The van der Waals surface area contributed by atoms with Crippen molar-refractivity contribution < 1.29 is 41.8 Å². The molecular weight excluding hydrogens is 809 g/mol. The van der Waals surface area contributed by atoms with Crippen LogP contribution in [-0.4, -0.2) is 100 Å². The second-order valence-electron chi connectivity index (χ2n) is 18.1. The Morgan fingerprint density at radius 3 is 2.52 bits per heavy atom. The maximum atomic E-state index is 14.7. The summed E-state index contributed by atoms with van der Waals surface area (Å²) in [6.45, 7) is 10.5. The summed E-state index contributed by atoms with van der Waals surface area (Å²) in [7, 11) is -3.96.